The molecule has 19 heavy (non-hydrogen) atoms. The number of esters is 1. The molecule has 3 rings (SSSR count). The molecule has 2 aliphatic rings. The maximum absolute atomic E-state index is 12.1. The zero-order valence-electron chi connectivity index (χ0n) is 11.1. The van der Waals surface area contributed by atoms with E-state index in [1.807, 2.05) is 6.07 Å². The highest BCUT2D eigenvalue weighted by atomic mass is 16.6. The summed E-state index contributed by atoms with van der Waals surface area (Å²) in [5.74, 6) is -0.243. The van der Waals surface area contributed by atoms with Crippen LogP contribution in [0.1, 0.15) is 47.3 Å². The summed E-state index contributed by atoms with van der Waals surface area (Å²) in [6, 6.07) is 1.96. The van der Waals surface area contributed by atoms with Crippen LogP contribution in [0.25, 0.3) is 0 Å². The van der Waals surface area contributed by atoms with E-state index in [0.717, 1.165) is 31.4 Å². The summed E-state index contributed by atoms with van der Waals surface area (Å²) in [6.45, 7) is 1.36. The molecule has 0 radical (unpaired) electrons. The Kier molecular flexibility index (Phi) is 3.78. The number of carbonyl (C=O) groups is 1. The lowest BCUT2D eigenvalue weighted by Crippen LogP contribution is -2.26. The summed E-state index contributed by atoms with van der Waals surface area (Å²) in [5, 5.41) is 0. The van der Waals surface area contributed by atoms with Gasteiger partial charge in [0.05, 0.1) is 18.8 Å². The number of aryl methyl sites for hydroxylation is 2. The zero-order valence-corrected chi connectivity index (χ0v) is 11.1. The van der Waals surface area contributed by atoms with E-state index < -0.39 is 0 Å². The van der Waals surface area contributed by atoms with Gasteiger partial charge in [0.15, 0.2) is 0 Å². The highest BCUT2D eigenvalue weighted by Crippen LogP contribution is 2.21. The molecule has 0 bridgehead atoms. The second-order valence-electron chi connectivity index (χ2n) is 5.25. The van der Waals surface area contributed by atoms with Crippen LogP contribution in [-0.2, 0) is 22.3 Å². The van der Waals surface area contributed by atoms with Crippen molar-refractivity contribution in [1.29, 1.82) is 0 Å². The summed E-state index contributed by atoms with van der Waals surface area (Å²) in [6.07, 6.45) is 7.70. The second-order valence-corrected chi connectivity index (χ2v) is 5.25. The summed E-state index contributed by atoms with van der Waals surface area (Å²) in [7, 11) is 0. The van der Waals surface area contributed by atoms with E-state index in [4.69, 9.17) is 9.47 Å². The number of hydrogen-bond donors (Lipinski definition) is 0. The topological polar surface area (TPSA) is 48.4 Å². The molecule has 0 unspecified atom stereocenters. The van der Waals surface area contributed by atoms with Crippen LogP contribution in [0, 0.1) is 0 Å². The average Bonchev–Trinajstić information content (AvgIpc) is 2.48. The number of pyridine rings is 1. The maximum Gasteiger partial charge on any atom is 0.339 e. The van der Waals surface area contributed by atoms with Crippen molar-refractivity contribution >= 4 is 5.97 Å². The van der Waals surface area contributed by atoms with E-state index in [2.05, 4.69) is 4.98 Å². The van der Waals surface area contributed by atoms with Gasteiger partial charge in [-0.15, -0.1) is 0 Å². The third-order valence-corrected chi connectivity index (χ3v) is 3.85. The highest BCUT2D eigenvalue weighted by Gasteiger charge is 2.20. The number of carbonyl (C=O) groups excluding carboxylic acids is 1. The number of aromatic nitrogens is 1. The third-order valence-electron chi connectivity index (χ3n) is 3.85. The van der Waals surface area contributed by atoms with Crippen molar-refractivity contribution in [2.45, 2.75) is 44.6 Å². The molecule has 1 fully saturated rings. The predicted molar refractivity (Wildman–Crippen MR) is 70.1 cm³/mol. The molecular formula is C15H19NO3. The minimum Gasteiger partial charge on any atom is -0.459 e. The fourth-order valence-electron chi connectivity index (χ4n) is 2.71. The van der Waals surface area contributed by atoms with Gasteiger partial charge >= 0.3 is 5.97 Å². The van der Waals surface area contributed by atoms with Crippen molar-refractivity contribution in [2.75, 3.05) is 13.2 Å². The molecular weight excluding hydrogens is 242 g/mol. The minimum atomic E-state index is -0.243. The van der Waals surface area contributed by atoms with E-state index in [1.165, 1.54) is 18.4 Å². The first-order valence-corrected chi connectivity index (χ1v) is 7.09. The van der Waals surface area contributed by atoms with E-state index >= 15 is 0 Å². The summed E-state index contributed by atoms with van der Waals surface area (Å²) < 4.78 is 10.8. The van der Waals surface area contributed by atoms with Crippen LogP contribution in [0.4, 0.5) is 0 Å². The number of hydrogen-bond acceptors (Lipinski definition) is 4. The molecule has 4 heteroatoms. The number of nitrogens with zero attached hydrogens (tertiary/aromatic N) is 1. The van der Waals surface area contributed by atoms with Crippen molar-refractivity contribution in [1.82, 2.24) is 4.98 Å². The van der Waals surface area contributed by atoms with E-state index in [-0.39, 0.29) is 12.1 Å². The lowest BCUT2D eigenvalue weighted by Gasteiger charge is -2.22. The van der Waals surface area contributed by atoms with Crippen LogP contribution in [-0.4, -0.2) is 30.3 Å². The molecule has 1 aromatic heterocycles. The van der Waals surface area contributed by atoms with Gasteiger partial charge in [0.1, 0.15) is 6.10 Å². The Morgan fingerprint density at radius 1 is 1.26 bits per heavy atom. The predicted octanol–water partition coefficient (Wildman–Crippen LogP) is 2.30. The third kappa shape index (κ3) is 2.95. The molecule has 0 spiro atoms. The van der Waals surface area contributed by atoms with Gasteiger partial charge in [0, 0.05) is 24.7 Å². The number of rotatable bonds is 2. The summed E-state index contributed by atoms with van der Waals surface area (Å²) >= 11 is 0. The van der Waals surface area contributed by atoms with E-state index in [1.54, 1.807) is 6.20 Å². The number of ether oxygens (including phenoxy) is 2. The molecule has 1 aliphatic heterocycles. The quantitative estimate of drug-likeness (QED) is 0.766. The lowest BCUT2D eigenvalue weighted by atomic mass is 9.95. The second kappa shape index (κ2) is 5.70. The van der Waals surface area contributed by atoms with Crippen molar-refractivity contribution in [3.05, 3.63) is 29.1 Å². The fraction of sp³-hybridized carbons (Fsp3) is 0.600. The zero-order chi connectivity index (χ0) is 13.1. The highest BCUT2D eigenvalue weighted by molar-refractivity contribution is 5.89. The molecule has 1 aliphatic carbocycles. The van der Waals surface area contributed by atoms with Crippen LogP contribution >= 0.6 is 0 Å². The molecule has 1 saturated heterocycles. The smallest absolute Gasteiger partial charge is 0.339 e. The molecule has 2 heterocycles. The molecule has 0 saturated carbocycles. The minimum absolute atomic E-state index is 0.00252. The van der Waals surface area contributed by atoms with Crippen molar-refractivity contribution in [3.8, 4) is 0 Å². The molecule has 0 amide bonds. The molecule has 4 nitrogen and oxygen atoms in total. The van der Waals surface area contributed by atoms with Gasteiger partial charge < -0.3 is 9.47 Å². The van der Waals surface area contributed by atoms with Crippen LogP contribution < -0.4 is 0 Å². The Morgan fingerprint density at radius 3 is 2.89 bits per heavy atom. The number of fused-ring (bicyclic) bond motifs is 1. The molecule has 1 aromatic rings. The van der Waals surface area contributed by atoms with Gasteiger partial charge in [-0.3, -0.25) is 4.98 Å². The first-order valence-electron chi connectivity index (χ1n) is 7.09. The summed E-state index contributed by atoms with van der Waals surface area (Å²) in [4.78, 5) is 16.5. The van der Waals surface area contributed by atoms with Gasteiger partial charge in [-0.2, -0.15) is 0 Å². The Bertz CT molecular complexity index is 466. The van der Waals surface area contributed by atoms with Crippen molar-refractivity contribution in [3.63, 3.8) is 0 Å². The largest absolute Gasteiger partial charge is 0.459 e. The van der Waals surface area contributed by atoms with Crippen LogP contribution in [0.15, 0.2) is 12.3 Å². The molecule has 0 N–H and O–H groups in total. The fourth-order valence-corrected chi connectivity index (χ4v) is 2.71. The monoisotopic (exact) mass is 261 g/mol. The first kappa shape index (κ1) is 12.6. The molecule has 102 valence electrons. The average molecular weight is 261 g/mol. The first-order chi connectivity index (χ1) is 9.33. The van der Waals surface area contributed by atoms with Gasteiger partial charge in [0.2, 0.25) is 0 Å². The maximum atomic E-state index is 12.1. The van der Waals surface area contributed by atoms with Gasteiger partial charge in [-0.05, 0) is 37.3 Å². The standard InChI is InChI=1S/C15H19NO3/c17-15(19-13-5-7-18-8-6-13)12-9-11-3-1-2-4-14(11)16-10-12/h9-10,13H,1-8H2. The van der Waals surface area contributed by atoms with Crippen molar-refractivity contribution < 1.29 is 14.3 Å². The molecule has 0 atom stereocenters. The molecule has 0 aromatic carbocycles. The van der Waals surface area contributed by atoms with Gasteiger partial charge in [-0.1, -0.05) is 0 Å². The Morgan fingerprint density at radius 2 is 2.05 bits per heavy atom. The van der Waals surface area contributed by atoms with E-state index in [0.29, 0.717) is 18.8 Å². The Hall–Kier alpha value is -1.42. The van der Waals surface area contributed by atoms with Gasteiger partial charge in [0.25, 0.3) is 0 Å². The van der Waals surface area contributed by atoms with Gasteiger partial charge in [-0.25, -0.2) is 4.79 Å². The lowest BCUT2D eigenvalue weighted by molar-refractivity contribution is -0.0159. The van der Waals surface area contributed by atoms with Crippen LogP contribution in [0.5, 0.6) is 0 Å². The SMILES string of the molecule is O=C(OC1CCOCC1)c1cnc2c(c1)CCCC2. The van der Waals surface area contributed by atoms with Crippen LogP contribution in [0.3, 0.4) is 0 Å². The summed E-state index contributed by atoms with van der Waals surface area (Å²) in [5.41, 5.74) is 2.95. The van der Waals surface area contributed by atoms with E-state index in [9.17, 15) is 4.79 Å². The normalized spacial score (nSPS) is 19.8. The Balaban J connectivity index is 1.69. The Labute approximate surface area is 113 Å². The van der Waals surface area contributed by atoms with Crippen molar-refractivity contribution in [2.24, 2.45) is 0 Å². The van der Waals surface area contributed by atoms with Crippen LogP contribution in [0.2, 0.25) is 0 Å².